The molecule has 0 bridgehead atoms. The van der Waals surface area contributed by atoms with E-state index in [2.05, 4.69) is 41.1 Å². The van der Waals surface area contributed by atoms with Crippen molar-refractivity contribution in [2.24, 2.45) is 0 Å². The lowest BCUT2D eigenvalue weighted by Crippen LogP contribution is -2.35. The van der Waals surface area contributed by atoms with Crippen LogP contribution in [0.25, 0.3) is 11.1 Å². The minimum absolute atomic E-state index is 0.0321. The Morgan fingerprint density at radius 1 is 1.11 bits per heavy atom. The highest BCUT2D eigenvalue weighted by atomic mass is 32.1. The summed E-state index contributed by atoms with van der Waals surface area (Å²) in [5.74, 6) is -1.39. The summed E-state index contributed by atoms with van der Waals surface area (Å²) in [6.45, 7) is 3.55. The Hall–Kier alpha value is -3.98. The number of aromatic nitrogens is 1. The van der Waals surface area contributed by atoms with E-state index in [1.54, 1.807) is 6.20 Å². The number of carbonyl (C=O) groups excluding carboxylic acids is 2. The number of carboxylic acid groups (broad SMARTS) is 1. The number of ether oxygens (including phenoxy) is 1. The lowest BCUT2D eigenvalue weighted by molar-refractivity contribution is -0.144. The van der Waals surface area contributed by atoms with Crippen LogP contribution < -0.4 is 5.32 Å². The van der Waals surface area contributed by atoms with Crippen LogP contribution in [0, 0.1) is 0 Å². The Kier molecular flexibility index (Phi) is 7.57. The topological polar surface area (TPSA) is 109 Å². The van der Waals surface area contributed by atoms with Crippen molar-refractivity contribution in [1.82, 2.24) is 9.88 Å². The first-order valence-corrected chi connectivity index (χ1v) is 11.9. The van der Waals surface area contributed by atoms with Crippen LogP contribution >= 0.6 is 11.3 Å². The highest BCUT2D eigenvalue weighted by molar-refractivity contribution is 7.15. The second kappa shape index (κ2) is 11.0. The van der Waals surface area contributed by atoms with Crippen molar-refractivity contribution in [1.29, 1.82) is 0 Å². The first-order valence-electron chi connectivity index (χ1n) is 11.1. The number of thiazole rings is 1. The number of carboxylic acids is 1. The smallest absolute Gasteiger partial charge is 0.413 e. The second-order valence-corrected chi connectivity index (χ2v) is 9.15. The van der Waals surface area contributed by atoms with Crippen LogP contribution in [-0.4, -0.2) is 52.7 Å². The highest BCUT2D eigenvalue weighted by Crippen LogP contribution is 2.44. The lowest BCUT2D eigenvalue weighted by atomic mass is 9.98. The van der Waals surface area contributed by atoms with Gasteiger partial charge in [0, 0.05) is 30.0 Å². The molecule has 0 saturated heterocycles. The molecule has 3 aromatic rings. The number of hydrogen-bond donors (Lipinski definition) is 2. The van der Waals surface area contributed by atoms with E-state index in [4.69, 9.17) is 9.84 Å². The maximum absolute atomic E-state index is 12.4. The van der Waals surface area contributed by atoms with Gasteiger partial charge in [0.1, 0.15) is 13.2 Å². The molecule has 0 fully saturated rings. The van der Waals surface area contributed by atoms with Crippen LogP contribution in [-0.2, 0) is 20.7 Å². The first-order chi connectivity index (χ1) is 17.0. The molecular formula is C26H25N3O5S. The zero-order valence-electron chi connectivity index (χ0n) is 19.0. The second-order valence-electron chi connectivity index (χ2n) is 8.04. The van der Waals surface area contributed by atoms with Gasteiger partial charge in [0.15, 0.2) is 5.13 Å². The summed E-state index contributed by atoms with van der Waals surface area (Å²) in [6, 6.07) is 16.2. The van der Waals surface area contributed by atoms with Crippen LogP contribution in [0.2, 0.25) is 0 Å². The largest absolute Gasteiger partial charge is 0.480 e. The minimum atomic E-state index is -1.08. The van der Waals surface area contributed by atoms with Crippen LogP contribution in [0.15, 0.2) is 67.4 Å². The molecule has 1 aliphatic carbocycles. The molecular weight excluding hydrogens is 466 g/mol. The fourth-order valence-electron chi connectivity index (χ4n) is 4.16. The van der Waals surface area contributed by atoms with Gasteiger partial charge < -0.3 is 14.7 Å². The number of rotatable bonds is 10. The third kappa shape index (κ3) is 5.75. The van der Waals surface area contributed by atoms with Gasteiger partial charge in [-0.2, -0.15) is 0 Å². The monoisotopic (exact) mass is 491 g/mol. The van der Waals surface area contributed by atoms with Crippen LogP contribution in [0.4, 0.5) is 9.93 Å². The molecule has 1 aliphatic rings. The fourth-order valence-corrected chi connectivity index (χ4v) is 4.96. The Labute approximate surface area is 206 Å². The SMILES string of the molecule is C=CCN(CC(=O)O)C(=O)CCc1cnc(NC(=O)OCC2c3ccccc3-c3ccccc32)s1. The lowest BCUT2D eigenvalue weighted by Gasteiger charge is -2.18. The molecule has 0 spiro atoms. The third-order valence-corrected chi connectivity index (χ3v) is 6.69. The fraction of sp³-hybridized carbons (Fsp3) is 0.231. The van der Waals surface area contributed by atoms with Crippen molar-refractivity contribution in [3.63, 3.8) is 0 Å². The number of aryl methyl sites for hydroxylation is 1. The number of aliphatic carboxylic acids is 1. The number of nitrogens with zero attached hydrogens (tertiary/aromatic N) is 2. The molecule has 35 heavy (non-hydrogen) atoms. The van der Waals surface area contributed by atoms with E-state index in [1.165, 1.54) is 22.3 Å². The Morgan fingerprint density at radius 3 is 2.40 bits per heavy atom. The third-order valence-electron chi connectivity index (χ3n) is 5.72. The van der Waals surface area contributed by atoms with Crippen LogP contribution in [0.1, 0.15) is 28.3 Å². The Balaban J connectivity index is 1.30. The van der Waals surface area contributed by atoms with Crippen molar-refractivity contribution in [2.75, 3.05) is 25.0 Å². The van der Waals surface area contributed by atoms with E-state index >= 15 is 0 Å². The van der Waals surface area contributed by atoms with Gasteiger partial charge in [0.2, 0.25) is 5.91 Å². The standard InChI is InChI=1S/C26H25N3O5S/c1-2-13-29(15-24(31)32)23(30)12-11-17-14-27-25(35-17)28-26(33)34-16-22-20-9-5-3-7-18(20)19-8-4-6-10-21(19)22/h2-10,14,22H,1,11-13,15-16H2,(H,31,32)(H,27,28,33). The van der Waals surface area contributed by atoms with E-state index in [-0.39, 0.29) is 37.9 Å². The van der Waals surface area contributed by atoms with Gasteiger partial charge in [-0.25, -0.2) is 9.78 Å². The highest BCUT2D eigenvalue weighted by Gasteiger charge is 2.29. The van der Waals surface area contributed by atoms with Crippen molar-refractivity contribution in [2.45, 2.75) is 18.8 Å². The molecule has 180 valence electrons. The number of amides is 2. The Morgan fingerprint density at radius 2 is 1.77 bits per heavy atom. The van der Waals surface area contributed by atoms with Gasteiger partial charge in [-0.3, -0.25) is 14.9 Å². The average molecular weight is 492 g/mol. The minimum Gasteiger partial charge on any atom is -0.480 e. The molecule has 0 unspecified atom stereocenters. The summed E-state index contributed by atoms with van der Waals surface area (Å²) >= 11 is 1.25. The van der Waals surface area contributed by atoms with E-state index in [0.717, 1.165) is 27.1 Å². The summed E-state index contributed by atoms with van der Waals surface area (Å²) in [5.41, 5.74) is 4.59. The van der Waals surface area contributed by atoms with E-state index < -0.39 is 12.1 Å². The predicted molar refractivity (Wildman–Crippen MR) is 134 cm³/mol. The van der Waals surface area contributed by atoms with Gasteiger partial charge in [0.25, 0.3) is 0 Å². The maximum Gasteiger partial charge on any atom is 0.413 e. The number of fused-ring (bicyclic) bond motifs is 3. The van der Waals surface area contributed by atoms with Gasteiger partial charge in [0.05, 0.1) is 0 Å². The number of anilines is 1. The normalized spacial score (nSPS) is 11.9. The van der Waals surface area contributed by atoms with E-state index in [9.17, 15) is 14.4 Å². The van der Waals surface area contributed by atoms with Gasteiger partial charge in [-0.1, -0.05) is 54.6 Å². The molecule has 0 atom stereocenters. The first kappa shape index (κ1) is 24.2. The van der Waals surface area contributed by atoms with Crippen LogP contribution in [0.5, 0.6) is 0 Å². The molecule has 2 amide bonds. The molecule has 2 N–H and O–H groups in total. The van der Waals surface area contributed by atoms with Crippen molar-refractivity contribution in [3.05, 3.63) is 83.4 Å². The number of carbonyl (C=O) groups is 3. The molecule has 0 aliphatic heterocycles. The zero-order chi connectivity index (χ0) is 24.8. The molecule has 8 nitrogen and oxygen atoms in total. The van der Waals surface area contributed by atoms with Gasteiger partial charge in [-0.05, 0) is 28.7 Å². The molecule has 0 saturated carbocycles. The summed E-state index contributed by atoms with van der Waals surface area (Å²) < 4.78 is 5.54. The Bertz CT molecular complexity index is 1210. The number of benzene rings is 2. The molecule has 9 heteroatoms. The van der Waals surface area contributed by atoms with Crippen LogP contribution in [0.3, 0.4) is 0 Å². The van der Waals surface area contributed by atoms with Crippen molar-refractivity contribution < 1.29 is 24.2 Å². The average Bonchev–Trinajstić information content (AvgIpc) is 3.42. The summed E-state index contributed by atoms with van der Waals surface area (Å²) in [5, 5.41) is 12.0. The van der Waals surface area contributed by atoms with E-state index in [1.807, 2.05) is 24.3 Å². The molecule has 1 aromatic heterocycles. The van der Waals surface area contributed by atoms with Crippen molar-refractivity contribution in [3.8, 4) is 11.1 Å². The predicted octanol–water partition coefficient (Wildman–Crippen LogP) is 4.54. The molecule has 0 radical (unpaired) electrons. The van der Waals surface area contributed by atoms with Crippen molar-refractivity contribution >= 4 is 34.4 Å². The zero-order valence-corrected chi connectivity index (χ0v) is 19.8. The number of nitrogens with one attached hydrogen (secondary N) is 1. The van der Waals surface area contributed by atoms with E-state index in [0.29, 0.717) is 11.6 Å². The maximum atomic E-state index is 12.4. The molecule has 4 rings (SSSR count). The molecule has 2 aromatic carbocycles. The summed E-state index contributed by atoms with van der Waals surface area (Å²) in [6.07, 6.45) is 3.00. The number of hydrogen-bond acceptors (Lipinski definition) is 6. The summed E-state index contributed by atoms with van der Waals surface area (Å²) in [7, 11) is 0. The van der Waals surface area contributed by atoms with Gasteiger partial charge >= 0.3 is 12.1 Å². The summed E-state index contributed by atoms with van der Waals surface area (Å²) in [4.78, 5) is 41.9. The van der Waals surface area contributed by atoms with Gasteiger partial charge in [-0.15, -0.1) is 17.9 Å². The quantitative estimate of drug-likeness (QED) is 0.403. The molecule has 1 heterocycles.